The molecule has 8 heteroatoms. The number of carbonyl (C=O) groups is 1. The fourth-order valence-corrected chi connectivity index (χ4v) is 3.19. The van der Waals surface area contributed by atoms with Crippen LogP contribution in [0.1, 0.15) is 22.5 Å². The minimum Gasteiger partial charge on any atom is -0.497 e. The molecule has 8 nitrogen and oxygen atoms in total. The van der Waals surface area contributed by atoms with Crippen molar-refractivity contribution in [2.45, 2.75) is 13.3 Å². The average Bonchev–Trinajstić information content (AvgIpc) is 3.13. The maximum absolute atomic E-state index is 12.8. The molecule has 0 saturated carbocycles. The highest BCUT2D eigenvalue weighted by molar-refractivity contribution is 6.00. The van der Waals surface area contributed by atoms with E-state index in [4.69, 9.17) is 18.7 Å². The summed E-state index contributed by atoms with van der Waals surface area (Å²) in [6.45, 7) is 6.72. The van der Waals surface area contributed by atoms with Crippen molar-refractivity contribution in [2.24, 2.45) is 0 Å². The van der Waals surface area contributed by atoms with Crippen LogP contribution in [-0.4, -0.2) is 69.6 Å². The molecule has 1 amide bonds. The van der Waals surface area contributed by atoms with Crippen molar-refractivity contribution in [1.29, 1.82) is 0 Å². The number of hydrogen-bond donors (Lipinski definition) is 1. The molecule has 1 aliphatic heterocycles. The van der Waals surface area contributed by atoms with Crippen LogP contribution >= 0.6 is 0 Å². The molecule has 28 heavy (non-hydrogen) atoms. The summed E-state index contributed by atoms with van der Waals surface area (Å²) in [5.74, 6) is 1.43. The van der Waals surface area contributed by atoms with E-state index in [0.717, 1.165) is 39.3 Å². The number of nitrogens with zero attached hydrogens (tertiary/aromatic N) is 2. The number of hydrogen-bond acceptors (Lipinski definition) is 7. The molecular formula is C20H27N3O5. The van der Waals surface area contributed by atoms with E-state index >= 15 is 0 Å². The molecular weight excluding hydrogens is 362 g/mol. The van der Waals surface area contributed by atoms with E-state index in [9.17, 15) is 4.79 Å². The second-order valence-corrected chi connectivity index (χ2v) is 6.64. The number of nitrogens with one attached hydrogen (secondary N) is 1. The lowest BCUT2D eigenvalue weighted by Gasteiger charge is -2.26. The molecule has 1 saturated heterocycles. The number of morpholine rings is 1. The number of aromatic nitrogens is 1. The summed E-state index contributed by atoms with van der Waals surface area (Å²) >= 11 is 0. The van der Waals surface area contributed by atoms with Gasteiger partial charge >= 0.3 is 0 Å². The minimum absolute atomic E-state index is 0.197. The van der Waals surface area contributed by atoms with Crippen LogP contribution in [0.15, 0.2) is 22.7 Å². The zero-order valence-electron chi connectivity index (χ0n) is 16.6. The number of carbonyl (C=O) groups excluding carboxylic acids is 1. The van der Waals surface area contributed by atoms with Crippen LogP contribution in [-0.2, 0) is 4.74 Å². The van der Waals surface area contributed by atoms with Crippen molar-refractivity contribution >= 4 is 5.91 Å². The van der Waals surface area contributed by atoms with Crippen LogP contribution in [0.2, 0.25) is 0 Å². The first-order chi connectivity index (χ1) is 13.6. The topological polar surface area (TPSA) is 86.1 Å². The molecule has 2 heterocycles. The van der Waals surface area contributed by atoms with E-state index in [1.165, 1.54) is 0 Å². The van der Waals surface area contributed by atoms with E-state index in [1.54, 1.807) is 39.3 Å². The lowest BCUT2D eigenvalue weighted by atomic mass is 10.1. The van der Waals surface area contributed by atoms with E-state index in [1.807, 2.05) is 0 Å². The molecule has 0 radical (unpaired) electrons. The van der Waals surface area contributed by atoms with E-state index in [0.29, 0.717) is 40.6 Å². The fraction of sp³-hybridized carbons (Fsp3) is 0.500. The van der Waals surface area contributed by atoms with Crippen molar-refractivity contribution < 1.29 is 23.5 Å². The van der Waals surface area contributed by atoms with Crippen LogP contribution in [0.25, 0.3) is 11.3 Å². The third-order valence-electron chi connectivity index (χ3n) is 4.74. The highest BCUT2D eigenvalue weighted by atomic mass is 16.5. The van der Waals surface area contributed by atoms with Gasteiger partial charge < -0.3 is 24.1 Å². The third-order valence-corrected chi connectivity index (χ3v) is 4.74. The van der Waals surface area contributed by atoms with Gasteiger partial charge in [0.2, 0.25) is 0 Å². The summed E-state index contributed by atoms with van der Waals surface area (Å²) in [5, 5.41) is 6.96. The number of methoxy groups -OCH3 is 2. The molecule has 152 valence electrons. The second-order valence-electron chi connectivity index (χ2n) is 6.64. The van der Waals surface area contributed by atoms with Gasteiger partial charge in [-0.05, 0) is 32.0 Å². The van der Waals surface area contributed by atoms with Crippen LogP contribution in [0.5, 0.6) is 11.5 Å². The molecule has 1 aromatic heterocycles. The Bertz CT molecular complexity index is 777. The van der Waals surface area contributed by atoms with Gasteiger partial charge in [0.1, 0.15) is 17.1 Å². The highest BCUT2D eigenvalue weighted by Crippen LogP contribution is 2.32. The largest absolute Gasteiger partial charge is 0.497 e. The zero-order valence-corrected chi connectivity index (χ0v) is 16.6. The monoisotopic (exact) mass is 389 g/mol. The molecule has 1 aromatic carbocycles. The van der Waals surface area contributed by atoms with Crippen molar-refractivity contribution in [3.8, 4) is 22.8 Å². The van der Waals surface area contributed by atoms with Gasteiger partial charge in [0, 0.05) is 31.3 Å². The van der Waals surface area contributed by atoms with Gasteiger partial charge in [0.15, 0.2) is 5.76 Å². The van der Waals surface area contributed by atoms with Crippen LogP contribution in [0.3, 0.4) is 0 Å². The summed E-state index contributed by atoms with van der Waals surface area (Å²) in [5.41, 5.74) is 1.65. The Balaban J connectivity index is 1.67. The Morgan fingerprint density at radius 1 is 1.18 bits per heavy atom. The Kier molecular flexibility index (Phi) is 6.89. The van der Waals surface area contributed by atoms with Gasteiger partial charge in [-0.25, -0.2) is 0 Å². The van der Waals surface area contributed by atoms with Gasteiger partial charge in [-0.3, -0.25) is 9.69 Å². The van der Waals surface area contributed by atoms with Crippen LogP contribution < -0.4 is 14.8 Å². The molecule has 0 spiro atoms. The Labute approximate surface area is 164 Å². The number of amides is 1. The Hall–Kier alpha value is -2.58. The number of benzene rings is 1. The predicted molar refractivity (Wildman–Crippen MR) is 104 cm³/mol. The first-order valence-corrected chi connectivity index (χ1v) is 9.40. The zero-order chi connectivity index (χ0) is 19.9. The molecule has 0 unspecified atom stereocenters. The summed E-state index contributed by atoms with van der Waals surface area (Å²) in [4.78, 5) is 15.1. The van der Waals surface area contributed by atoms with Crippen LogP contribution in [0.4, 0.5) is 0 Å². The first-order valence-electron chi connectivity index (χ1n) is 9.40. The third kappa shape index (κ3) is 4.82. The molecule has 3 rings (SSSR count). The maximum Gasteiger partial charge on any atom is 0.257 e. The average molecular weight is 389 g/mol. The Morgan fingerprint density at radius 3 is 2.50 bits per heavy atom. The summed E-state index contributed by atoms with van der Waals surface area (Å²) in [7, 11) is 3.15. The minimum atomic E-state index is -0.197. The summed E-state index contributed by atoms with van der Waals surface area (Å²) in [6.07, 6.45) is 0.873. The number of rotatable bonds is 8. The molecule has 2 aromatic rings. The second kappa shape index (κ2) is 9.57. The highest BCUT2D eigenvalue weighted by Gasteiger charge is 2.22. The van der Waals surface area contributed by atoms with Gasteiger partial charge in [-0.1, -0.05) is 5.16 Å². The normalized spacial score (nSPS) is 14.7. The first kappa shape index (κ1) is 20.2. The molecule has 0 bridgehead atoms. The van der Waals surface area contributed by atoms with Crippen molar-refractivity contribution in [2.75, 3.05) is 53.6 Å². The van der Waals surface area contributed by atoms with E-state index in [-0.39, 0.29) is 5.91 Å². The van der Waals surface area contributed by atoms with E-state index < -0.39 is 0 Å². The van der Waals surface area contributed by atoms with E-state index in [2.05, 4.69) is 15.4 Å². The van der Waals surface area contributed by atoms with Crippen molar-refractivity contribution in [1.82, 2.24) is 15.4 Å². The molecule has 1 fully saturated rings. The van der Waals surface area contributed by atoms with Crippen molar-refractivity contribution in [3.63, 3.8) is 0 Å². The van der Waals surface area contributed by atoms with Gasteiger partial charge in [0.25, 0.3) is 5.91 Å². The van der Waals surface area contributed by atoms with Gasteiger partial charge in [0.05, 0.1) is 33.1 Å². The van der Waals surface area contributed by atoms with Gasteiger partial charge in [-0.15, -0.1) is 0 Å². The Morgan fingerprint density at radius 2 is 1.86 bits per heavy atom. The molecule has 1 N–H and O–H groups in total. The fourth-order valence-electron chi connectivity index (χ4n) is 3.19. The van der Waals surface area contributed by atoms with Crippen LogP contribution in [0, 0.1) is 6.92 Å². The number of ether oxygens (including phenoxy) is 3. The quantitative estimate of drug-likeness (QED) is 0.692. The molecule has 0 aliphatic carbocycles. The maximum atomic E-state index is 12.8. The number of aryl methyl sites for hydroxylation is 1. The van der Waals surface area contributed by atoms with Crippen molar-refractivity contribution in [3.05, 3.63) is 29.5 Å². The predicted octanol–water partition coefficient (Wildman–Crippen LogP) is 2.12. The lowest BCUT2D eigenvalue weighted by molar-refractivity contribution is 0.0374. The lowest BCUT2D eigenvalue weighted by Crippen LogP contribution is -2.38. The molecule has 0 atom stereocenters. The smallest absolute Gasteiger partial charge is 0.257 e. The summed E-state index contributed by atoms with van der Waals surface area (Å²) < 4.78 is 21.4. The standard InChI is InChI=1S/C20H27N3O5/c1-14-18(20(24)21-5-4-6-23-7-9-27-10-8-23)19(28-22-14)15-11-16(25-2)13-17(12-15)26-3/h11-13H,4-10H2,1-3H3,(H,21,24). The summed E-state index contributed by atoms with van der Waals surface area (Å²) in [6, 6.07) is 5.34. The SMILES string of the molecule is COc1cc(OC)cc(-c2onc(C)c2C(=O)NCCCN2CCOCC2)c1. The van der Waals surface area contributed by atoms with Gasteiger partial charge in [-0.2, -0.15) is 0 Å². The molecule has 1 aliphatic rings.